The largest absolute Gasteiger partial charge is 0.456 e. The molecule has 1 atom stereocenters. The fourth-order valence-electron chi connectivity index (χ4n) is 1.78. The average Bonchev–Trinajstić information content (AvgIpc) is 2.32. The van der Waals surface area contributed by atoms with Crippen LogP contribution in [-0.4, -0.2) is 0 Å². The van der Waals surface area contributed by atoms with Crippen LogP contribution in [0, 0.1) is 6.92 Å². The van der Waals surface area contributed by atoms with Gasteiger partial charge in [0.2, 0.25) is 0 Å². The lowest BCUT2D eigenvalue weighted by molar-refractivity contribution is 0.468. The van der Waals surface area contributed by atoms with E-state index in [4.69, 9.17) is 10.5 Å². The van der Waals surface area contributed by atoms with Crippen LogP contribution < -0.4 is 10.5 Å². The van der Waals surface area contributed by atoms with Gasteiger partial charge in [-0.05, 0) is 59.6 Å². The van der Waals surface area contributed by atoms with E-state index in [1.54, 1.807) is 0 Å². The smallest absolute Gasteiger partial charge is 0.141 e. The van der Waals surface area contributed by atoms with Gasteiger partial charge in [0.15, 0.2) is 0 Å². The number of nitrogens with two attached hydrogens (primary N) is 1. The van der Waals surface area contributed by atoms with Gasteiger partial charge in [0.25, 0.3) is 0 Å². The molecule has 0 aliphatic carbocycles. The third kappa shape index (κ3) is 3.59. The first-order valence-corrected chi connectivity index (χ1v) is 7.55. The van der Waals surface area contributed by atoms with Gasteiger partial charge in [-0.2, -0.15) is 0 Å². The maximum absolute atomic E-state index is 5.98. The minimum absolute atomic E-state index is 0.0766. The molecule has 0 radical (unpaired) electrons. The van der Waals surface area contributed by atoms with E-state index in [9.17, 15) is 0 Å². The highest BCUT2D eigenvalue weighted by Crippen LogP contribution is 2.35. The van der Waals surface area contributed by atoms with Crippen LogP contribution in [0.1, 0.15) is 24.1 Å². The summed E-state index contributed by atoms with van der Waals surface area (Å²) in [6, 6.07) is 11.8. The highest BCUT2D eigenvalue weighted by atomic mass is 79.9. The minimum atomic E-state index is -0.0766. The van der Waals surface area contributed by atoms with Crippen molar-refractivity contribution < 1.29 is 4.74 Å². The molecule has 0 aliphatic rings. The maximum atomic E-state index is 5.98. The van der Waals surface area contributed by atoms with Crippen molar-refractivity contribution in [1.82, 2.24) is 0 Å². The van der Waals surface area contributed by atoms with Gasteiger partial charge in [-0.15, -0.1) is 0 Å². The topological polar surface area (TPSA) is 35.2 Å². The molecule has 1 unspecified atom stereocenters. The summed E-state index contributed by atoms with van der Waals surface area (Å²) in [6.45, 7) is 3.99. The lowest BCUT2D eigenvalue weighted by Crippen LogP contribution is -2.06. The van der Waals surface area contributed by atoms with Gasteiger partial charge in [0.05, 0.1) is 4.47 Å². The van der Waals surface area contributed by atoms with Crippen LogP contribution in [0.5, 0.6) is 11.5 Å². The van der Waals surface area contributed by atoms with Crippen LogP contribution in [0.25, 0.3) is 0 Å². The first-order chi connectivity index (χ1) is 8.97. The number of hydrogen-bond donors (Lipinski definition) is 1. The summed E-state index contributed by atoms with van der Waals surface area (Å²) in [6.07, 6.45) is 0. The van der Waals surface area contributed by atoms with Gasteiger partial charge in [0.1, 0.15) is 11.5 Å². The molecular weight excluding hydrogens is 370 g/mol. The SMILES string of the molecule is Cc1ccc(Oc2cc(Br)ccc2C(C)N)c(Br)c1. The molecule has 2 rings (SSSR count). The van der Waals surface area contributed by atoms with E-state index in [2.05, 4.69) is 31.9 Å². The monoisotopic (exact) mass is 383 g/mol. The molecule has 0 spiro atoms. The number of benzene rings is 2. The summed E-state index contributed by atoms with van der Waals surface area (Å²) in [5, 5.41) is 0. The molecule has 4 heteroatoms. The molecule has 0 saturated heterocycles. The number of rotatable bonds is 3. The van der Waals surface area contributed by atoms with Gasteiger partial charge < -0.3 is 10.5 Å². The van der Waals surface area contributed by atoms with E-state index in [0.29, 0.717) is 0 Å². The number of halogens is 2. The van der Waals surface area contributed by atoms with E-state index >= 15 is 0 Å². The molecule has 2 aromatic carbocycles. The predicted molar refractivity (Wildman–Crippen MR) is 85.7 cm³/mol. The summed E-state index contributed by atoms with van der Waals surface area (Å²) in [5.74, 6) is 1.56. The first kappa shape index (κ1) is 14.6. The zero-order chi connectivity index (χ0) is 14.0. The van der Waals surface area contributed by atoms with Crippen molar-refractivity contribution in [1.29, 1.82) is 0 Å². The molecule has 2 aromatic rings. The predicted octanol–water partition coefficient (Wildman–Crippen LogP) is 5.33. The molecule has 100 valence electrons. The summed E-state index contributed by atoms with van der Waals surface area (Å²) in [7, 11) is 0. The van der Waals surface area contributed by atoms with Crippen molar-refractivity contribution in [3.63, 3.8) is 0 Å². The Kier molecular flexibility index (Phi) is 4.66. The summed E-state index contributed by atoms with van der Waals surface area (Å²) < 4.78 is 7.88. The fraction of sp³-hybridized carbons (Fsp3) is 0.200. The van der Waals surface area contributed by atoms with Crippen LogP contribution in [-0.2, 0) is 0 Å². The molecule has 2 nitrogen and oxygen atoms in total. The lowest BCUT2D eigenvalue weighted by atomic mass is 10.1. The molecule has 0 amide bonds. The Labute approximate surface area is 130 Å². The van der Waals surface area contributed by atoms with Gasteiger partial charge in [-0.1, -0.05) is 28.1 Å². The Bertz CT molecular complexity index is 597. The number of ether oxygens (including phenoxy) is 1. The Morgan fingerprint density at radius 3 is 2.42 bits per heavy atom. The Balaban J connectivity index is 2.39. The Morgan fingerprint density at radius 2 is 1.79 bits per heavy atom. The van der Waals surface area contributed by atoms with Gasteiger partial charge in [0, 0.05) is 16.1 Å². The van der Waals surface area contributed by atoms with Crippen molar-refractivity contribution >= 4 is 31.9 Å². The molecular formula is C15H15Br2NO. The Hall–Kier alpha value is -0.840. The second-order valence-electron chi connectivity index (χ2n) is 4.51. The van der Waals surface area contributed by atoms with Crippen molar-refractivity contribution in [3.8, 4) is 11.5 Å². The van der Waals surface area contributed by atoms with Crippen molar-refractivity contribution in [2.45, 2.75) is 19.9 Å². The van der Waals surface area contributed by atoms with Crippen molar-refractivity contribution in [2.24, 2.45) is 5.73 Å². The minimum Gasteiger partial charge on any atom is -0.456 e. The second-order valence-corrected chi connectivity index (χ2v) is 6.28. The van der Waals surface area contributed by atoms with E-state index in [0.717, 1.165) is 26.0 Å². The summed E-state index contributed by atoms with van der Waals surface area (Å²) >= 11 is 6.97. The molecule has 0 saturated carbocycles. The summed E-state index contributed by atoms with van der Waals surface area (Å²) in [4.78, 5) is 0. The number of aryl methyl sites for hydroxylation is 1. The first-order valence-electron chi connectivity index (χ1n) is 5.96. The van der Waals surface area contributed by atoms with Gasteiger partial charge in [-0.3, -0.25) is 0 Å². The molecule has 0 heterocycles. The molecule has 0 aliphatic heterocycles. The normalized spacial score (nSPS) is 12.3. The van der Waals surface area contributed by atoms with E-state index < -0.39 is 0 Å². The van der Waals surface area contributed by atoms with Crippen LogP contribution in [0.3, 0.4) is 0 Å². The highest BCUT2D eigenvalue weighted by molar-refractivity contribution is 9.10. The van der Waals surface area contributed by atoms with E-state index in [1.807, 2.05) is 50.2 Å². The van der Waals surface area contributed by atoms with E-state index in [-0.39, 0.29) is 6.04 Å². The number of hydrogen-bond acceptors (Lipinski definition) is 2. The third-order valence-corrected chi connectivity index (χ3v) is 3.89. The highest BCUT2D eigenvalue weighted by Gasteiger charge is 2.11. The van der Waals surface area contributed by atoms with Crippen LogP contribution in [0.2, 0.25) is 0 Å². The maximum Gasteiger partial charge on any atom is 0.141 e. The van der Waals surface area contributed by atoms with Crippen LogP contribution in [0.4, 0.5) is 0 Å². The third-order valence-electron chi connectivity index (χ3n) is 2.77. The molecule has 0 bridgehead atoms. The summed E-state index contributed by atoms with van der Waals surface area (Å²) in [5.41, 5.74) is 8.14. The zero-order valence-corrected chi connectivity index (χ0v) is 14.0. The average molecular weight is 385 g/mol. The molecule has 2 N–H and O–H groups in total. The lowest BCUT2D eigenvalue weighted by Gasteiger charge is -2.15. The second kappa shape index (κ2) is 6.07. The zero-order valence-electron chi connectivity index (χ0n) is 10.8. The quantitative estimate of drug-likeness (QED) is 0.775. The fourth-order valence-corrected chi connectivity index (χ4v) is 2.69. The van der Waals surface area contributed by atoms with Gasteiger partial charge >= 0.3 is 0 Å². The van der Waals surface area contributed by atoms with Crippen molar-refractivity contribution in [3.05, 3.63) is 56.5 Å². The van der Waals surface area contributed by atoms with Crippen LogP contribution >= 0.6 is 31.9 Å². The van der Waals surface area contributed by atoms with Crippen molar-refractivity contribution in [2.75, 3.05) is 0 Å². The molecule has 0 aromatic heterocycles. The Morgan fingerprint density at radius 1 is 1.05 bits per heavy atom. The molecule has 0 fully saturated rings. The standard InChI is InChI=1S/C15H15Br2NO/c1-9-3-6-14(13(17)7-9)19-15-8-11(16)4-5-12(15)10(2)18/h3-8,10H,18H2,1-2H3. The van der Waals surface area contributed by atoms with Gasteiger partial charge in [-0.25, -0.2) is 0 Å². The van der Waals surface area contributed by atoms with E-state index in [1.165, 1.54) is 5.56 Å². The van der Waals surface area contributed by atoms with Crippen LogP contribution in [0.15, 0.2) is 45.3 Å². The molecule has 19 heavy (non-hydrogen) atoms.